The van der Waals surface area contributed by atoms with Crippen molar-refractivity contribution in [2.75, 3.05) is 30.3 Å². The number of fused-ring (bicyclic) bond motifs is 1. The number of para-hydroxylation sites is 1. The number of hydrogen-bond donors (Lipinski definition) is 2. The Hall–Kier alpha value is -2.51. The van der Waals surface area contributed by atoms with Gasteiger partial charge in [0.1, 0.15) is 0 Å². The number of carbonyl (C=O) groups excluding carboxylic acids is 3. The van der Waals surface area contributed by atoms with Gasteiger partial charge in [0, 0.05) is 53.7 Å². The number of nitrogens with zero attached hydrogens (tertiary/aromatic N) is 1. The van der Waals surface area contributed by atoms with Gasteiger partial charge in [0.15, 0.2) is 0 Å². The minimum Gasteiger partial charge on any atom is -0.354 e. The van der Waals surface area contributed by atoms with E-state index in [9.17, 15) is 14.4 Å². The van der Waals surface area contributed by atoms with Gasteiger partial charge in [-0.3, -0.25) is 14.4 Å². The maximum atomic E-state index is 12.5. The standard InChI is InChI=1S/C21H22ClN3O3S/c22-16-7-5-15(6-8-16)21(28)24-12-11-23-19(26)9-10-20(27)25-13-14-29-18-4-2-1-3-17(18)25/h1-8H,9-14H2,(H,23,26)(H,24,28). The first-order chi connectivity index (χ1) is 14.0. The molecule has 0 saturated heterocycles. The summed E-state index contributed by atoms with van der Waals surface area (Å²) in [7, 11) is 0. The van der Waals surface area contributed by atoms with Crippen LogP contribution in [0.15, 0.2) is 53.4 Å². The Bertz CT molecular complexity index is 889. The van der Waals surface area contributed by atoms with Crippen LogP contribution in [0.4, 0.5) is 5.69 Å². The maximum absolute atomic E-state index is 12.5. The van der Waals surface area contributed by atoms with Crippen molar-refractivity contribution in [1.82, 2.24) is 10.6 Å². The van der Waals surface area contributed by atoms with Crippen LogP contribution in [0.2, 0.25) is 5.02 Å². The minimum atomic E-state index is -0.229. The fraction of sp³-hybridized carbons (Fsp3) is 0.286. The van der Waals surface area contributed by atoms with E-state index >= 15 is 0 Å². The Morgan fingerprint density at radius 2 is 1.69 bits per heavy atom. The molecule has 152 valence electrons. The van der Waals surface area contributed by atoms with Gasteiger partial charge in [-0.15, -0.1) is 11.8 Å². The molecule has 0 aromatic heterocycles. The Kier molecular flexibility index (Phi) is 7.55. The molecule has 0 spiro atoms. The average molecular weight is 432 g/mol. The average Bonchev–Trinajstić information content (AvgIpc) is 2.75. The molecule has 29 heavy (non-hydrogen) atoms. The number of thioether (sulfide) groups is 1. The van der Waals surface area contributed by atoms with Crippen LogP contribution < -0.4 is 15.5 Å². The number of nitrogens with one attached hydrogen (secondary N) is 2. The van der Waals surface area contributed by atoms with Crippen LogP contribution in [0.5, 0.6) is 0 Å². The molecule has 0 bridgehead atoms. The molecule has 0 radical (unpaired) electrons. The van der Waals surface area contributed by atoms with Crippen molar-refractivity contribution in [3.63, 3.8) is 0 Å². The van der Waals surface area contributed by atoms with Gasteiger partial charge in [0.25, 0.3) is 5.91 Å². The maximum Gasteiger partial charge on any atom is 0.251 e. The highest BCUT2D eigenvalue weighted by molar-refractivity contribution is 7.99. The van der Waals surface area contributed by atoms with Crippen molar-refractivity contribution >= 4 is 46.8 Å². The molecule has 2 aromatic carbocycles. The van der Waals surface area contributed by atoms with Crippen LogP contribution in [0, 0.1) is 0 Å². The van der Waals surface area contributed by atoms with Crippen LogP contribution in [-0.4, -0.2) is 43.1 Å². The third kappa shape index (κ3) is 5.98. The predicted molar refractivity (Wildman–Crippen MR) is 116 cm³/mol. The molecule has 0 fully saturated rings. The topological polar surface area (TPSA) is 78.5 Å². The van der Waals surface area contributed by atoms with Crippen LogP contribution in [0.25, 0.3) is 0 Å². The van der Waals surface area contributed by atoms with Crippen molar-refractivity contribution in [2.45, 2.75) is 17.7 Å². The van der Waals surface area contributed by atoms with E-state index in [1.165, 1.54) is 0 Å². The van der Waals surface area contributed by atoms with Crippen molar-refractivity contribution in [1.29, 1.82) is 0 Å². The molecule has 8 heteroatoms. The second kappa shape index (κ2) is 10.3. The van der Waals surface area contributed by atoms with Crippen LogP contribution in [-0.2, 0) is 9.59 Å². The summed E-state index contributed by atoms with van der Waals surface area (Å²) in [5.74, 6) is 0.359. The lowest BCUT2D eigenvalue weighted by Gasteiger charge is -2.29. The Morgan fingerprint density at radius 1 is 0.966 bits per heavy atom. The zero-order chi connectivity index (χ0) is 20.6. The lowest BCUT2D eigenvalue weighted by atomic mass is 10.2. The van der Waals surface area contributed by atoms with Crippen molar-refractivity contribution < 1.29 is 14.4 Å². The summed E-state index contributed by atoms with van der Waals surface area (Å²) < 4.78 is 0. The Morgan fingerprint density at radius 3 is 2.48 bits per heavy atom. The molecule has 6 nitrogen and oxygen atoms in total. The van der Waals surface area contributed by atoms with Crippen LogP contribution >= 0.6 is 23.4 Å². The smallest absolute Gasteiger partial charge is 0.251 e. The number of carbonyl (C=O) groups is 3. The summed E-state index contributed by atoms with van der Waals surface area (Å²) >= 11 is 7.53. The molecule has 0 unspecified atom stereocenters. The number of hydrogen-bond acceptors (Lipinski definition) is 4. The molecule has 3 rings (SSSR count). The third-order valence-corrected chi connectivity index (χ3v) is 5.73. The predicted octanol–water partition coefficient (Wildman–Crippen LogP) is 3.11. The number of benzene rings is 2. The Balaban J connectivity index is 1.36. The SMILES string of the molecule is O=C(CCC(=O)N1CCSc2ccccc21)NCCNC(=O)c1ccc(Cl)cc1. The molecule has 0 saturated carbocycles. The molecule has 1 heterocycles. The molecule has 1 aliphatic heterocycles. The first-order valence-corrected chi connectivity index (χ1v) is 10.7. The van der Waals surface area contributed by atoms with E-state index in [0.29, 0.717) is 30.2 Å². The van der Waals surface area contributed by atoms with E-state index < -0.39 is 0 Å². The zero-order valence-corrected chi connectivity index (χ0v) is 17.4. The van der Waals surface area contributed by atoms with E-state index in [0.717, 1.165) is 16.3 Å². The summed E-state index contributed by atoms with van der Waals surface area (Å²) in [5, 5.41) is 6.02. The molecule has 2 N–H and O–H groups in total. The fourth-order valence-electron chi connectivity index (χ4n) is 2.95. The zero-order valence-electron chi connectivity index (χ0n) is 15.8. The van der Waals surface area contributed by atoms with Gasteiger partial charge in [-0.2, -0.15) is 0 Å². The summed E-state index contributed by atoms with van der Waals surface area (Å²) in [6, 6.07) is 14.4. The third-order valence-electron chi connectivity index (χ3n) is 4.43. The molecule has 3 amide bonds. The molecule has 1 aliphatic rings. The van der Waals surface area contributed by atoms with Gasteiger partial charge in [0.05, 0.1) is 5.69 Å². The van der Waals surface area contributed by atoms with E-state index in [4.69, 9.17) is 11.6 Å². The monoisotopic (exact) mass is 431 g/mol. The van der Waals surface area contributed by atoms with E-state index in [2.05, 4.69) is 10.6 Å². The summed E-state index contributed by atoms with van der Waals surface area (Å²) in [6.07, 6.45) is 0.276. The second-order valence-electron chi connectivity index (χ2n) is 6.47. The lowest BCUT2D eigenvalue weighted by molar-refractivity contribution is -0.125. The lowest BCUT2D eigenvalue weighted by Crippen LogP contribution is -2.37. The second-order valence-corrected chi connectivity index (χ2v) is 8.05. The number of rotatable bonds is 7. The van der Waals surface area contributed by atoms with Gasteiger partial charge in [-0.25, -0.2) is 0 Å². The summed E-state index contributed by atoms with van der Waals surface area (Å²) in [4.78, 5) is 39.4. The van der Waals surface area contributed by atoms with E-state index in [1.807, 2.05) is 24.3 Å². The first kappa shape index (κ1) is 21.2. The number of amides is 3. The first-order valence-electron chi connectivity index (χ1n) is 9.37. The van der Waals surface area contributed by atoms with Crippen LogP contribution in [0.3, 0.4) is 0 Å². The van der Waals surface area contributed by atoms with Crippen molar-refractivity contribution in [3.05, 3.63) is 59.1 Å². The van der Waals surface area contributed by atoms with E-state index in [-0.39, 0.29) is 30.6 Å². The normalized spacial score (nSPS) is 12.8. The highest BCUT2D eigenvalue weighted by Gasteiger charge is 2.22. The van der Waals surface area contributed by atoms with Gasteiger partial charge in [0.2, 0.25) is 11.8 Å². The molecule has 0 atom stereocenters. The highest BCUT2D eigenvalue weighted by Crippen LogP contribution is 2.34. The molecule has 2 aromatic rings. The van der Waals surface area contributed by atoms with E-state index in [1.54, 1.807) is 40.9 Å². The van der Waals surface area contributed by atoms with Crippen LogP contribution in [0.1, 0.15) is 23.2 Å². The highest BCUT2D eigenvalue weighted by atomic mass is 35.5. The Labute approximate surface area is 179 Å². The van der Waals surface area contributed by atoms with Gasteiger partial charge >= 0.3 is 0 Å². The number of halogens is 1. The van der Waals surface area contributed by atoms with Gasteiger partial charge < -0.3 is 15.5 Å². The molecule has 0 aliphatic carbocycles. The fourth-order valence-corrected chi connectivity index (χ4v) is 4.07. The largest absolute Gasteiger partial charge is 0.354 e. The summed E-state index contributed by atoms with van der Waals surface area (Å²) in [5.41, 5.74) is 1.42. The van der Waals surface area contributed by atoms with Gasteiger partial charge in [-0.1, -0.05) is 23.7 Å². The quantitative estimate of drug-likeness (QED) is 0.660. The number of anilines is 1. The van der Waals surface area contributed by atoms with Crippen molar-refractivity contribution in [3.8, 4) is 0 Å². The molecular weight excluding hydrogens is 410 g/mol. The van der Waals surface area contributed by atoms with Gasteiger partial charge in [-0.05, 0) is 36.4 Å². The molecular formula is C21H22ClN3O3S. The minimum absolute atomic E-state index is 0.0519. The summed E-state index contributed by atoms with van der Waals surface area (Å²) in [6.45, 7) is 1.26. The van der Waals surface area contributed by atoms with Crippen molar-refractivity contribution in [2.24, 2.45) is 0 Å².